The number of hydrogen-bond acceptors (Lipinski definition) is 4. The molecule has 0 saturated carbocycles. The van der Waals surface area contributed by atoms with E-state index in [2.05, 4.69) is 10.4 Å². The predicted molar refractivity (Wildman–Crippen MR) is 123 cm³/mol. The van der Waals surface area contributed by atoms with Crippen LogP contribution in [0.3, 0.4) is 0 Å². The topological polar surface area (TPSA) is 73.2 Å². The molecule has 0 atom stereocenters. The van der Waals surface area contributed by atoms with Gasteiger partial charge in [-0.25, -0.2) is 4.68 Å². The molecule has 0 spiro atoms. The normalized spacial score (nSPS) is 11.4. The van der Waals surface area contributed by atoms with Crippen molar-refractivity contribution in [1.82, 2.24) is 9.78 Å². The number of carbonyl (C=O) groups is 1. The number of halogens is 4. The van der Waals surface area contributed by atoms with Crippen molar-refractivity contribution in [3.8, 4) is 5.75 Å². The Bertz CT molecular complexity index is 1410. The van der Waals surface area contributed by atoms with Gasteiger partial charge in [0.05, 0.1) is 17.6 Å². The van der Waals surface area contributed by atoms with Gasteiger partial charge >= 0.3 is 6.18 Å². The maximum atomic E-state index is 13.2. The molecule has 0 saturated heterocycles. The quantitative estimate of drug-likeness (QED) is 0.401. The van der Waals surface area contributed by atoms with Gasteiger partial charge in [-0.15, -0.1) is 0 Å². The van der Waals surface area contributed by atoms with Gasteiger partial charge in [0.25, 0.3) is 11.5 Å². The van der Waals surface area contributed by atoms with Gasteiger partial charge in [0.2, 0.25) is 0 Å². The third-order valence-electron chi connectivity index (χ3n) is 4.84. The summed E-state index contributed by atoms with van der Waals surface area (Å²) in [5, 5.41) is 7.54. The van der Waals surface area contributed by atoms with Gasteiger partial charge in [-0.05, 0) is 29.8 Å². The van der Waals surface area contributed by atoms with Gasteiger partial charge in [0, 0.05) is 10.4 Å². The molecule has 0 aliphatic carbocycles. The van der Waals surface area contributed by atoms with Crippen LogP contribution in [-0.2, 0) is 6.54 Å². The van der Waals surface area contributed by atoms with E-state index >= 15 is 0 Å². The summed E-state index contributed by atoms with van der Waals surface area (Å²) >= 11 is 5.98. The molecule has 0 bridgehead atoms. The lowest BCUT2D eigenvalue weighted by Crippen LogP contribution is -2.28. The van der Waals surface area contributed by atoms with Gasteiger partial charge in [-0.1, -0.05) is 60.1 Å². The van der Waals surface area contributed by atoms with E-state index in [1.165, 1.54) is 22.9 Å². The number of fused-ring (bicyclic) bond motifs is 1. The molecule has 1 heterocycles. The summed E-state index contributed by atoms with van der Waals surface area (Å²) in [6, 6.07) is 19.4. The fourth-order valence-electron chi connectivity index (χ4n) is 3.33. The van der Waals surface area contributed by atoms with Crippen molar-refractivity contribution in [2.45, 2.75) is 12.7 Å². The molecule has 174 valence electrons. The molecule has 0 radical (unpaired) electrons. The van der Waals surface area contributed by atoms with Crippen LogP contribution in [0.1, 0.15) is 16.1 Å². The number of amides is 1. The van der Waals surface area contributed by atoms with Gasteiger partial charge in [-0.3, -0.25) is 9.59 Å². The average Bonchev–Trinajstić information content (AvgIpc) is 2.80. The van der Waals surface area contributed by atoms with E-state index in [-0.39, 0.29) is 39.6 Å². The summed E-state index contributed by atoms with van der Waals surface area (Å²) in [7, 11) is 0. The Hall–Kier alpha value is -3.85. The molecule has 6 nitrogen and oxygen atoms in total. The molecule has 4 aromatic rings. The standard InChI is InChI=1S/C24H17ClF3N3O3/c25-16-10-11-20(34-14-24(26,27)28)19(12-16)29-22(32)21-17-8-4-5-9-18(17)23(33)31(30-21)13-15-6-2-1-3-7-15/h1-12H,13-14H2,(H,29,32). The molecule has 34 heavy (non-hydrogen) atoms. The zero-order chi connectivity index (χ0) is 24.3. The van der Waals surface area contributed by atoms with E-state index < -0.39 is 18.7 Å². The minimum absolute atomic E-state index is 0.0616. The summed E-state index contributed by atoms with van der Waals surface area (Å²) in [4.78, 5) is 26.2. The Morgan fingerprint density at radius 2 is 1.68 bits per heavy atom. The van der Waals surface area contributed by atoms with Gasteiger partial charge < -0.3 is 10.1 Å². The first kappa shape index (κ1) is 23.3. The number of rotatable bonds is 6. The maximum Gasteiger partial charge on any atom is 0.422 e. The summed E-state index contributed by atoms with van der Waals surface area (Å²) in [5.74, 6) is -0.950. The first-order chi connectivity index (χ1) is 16.2. The fourth-order valence-corrected chi connectivity index (χ4v) is 3.51. The van der Waals surface area contributed by atoms with Crippen LogP contribution in [0.25, 0.3) is 10.8 Å². The summed E-state index contributed by atoms with van der Waals surface area (Å²) in [6.07, 6.45) is -4.56. The Labute approximate surface area is 196 Å². The molecular formula is C24H17ClF3N3O3. The highest BCUT2D eigenvalue weighted by molar-refractivity contribution is 6.31. The monoisotopic (exact) mass is 487 g/mol. The van der Waals surface area contributed by atoms with Crippen LogP contribution in [0.15, 0.2) is 77.6 Å². The summed E-state index contributed by atoms with van der Waals surface area (Å²) in [5.41, 5.74) is 0.283. The third-order valence-corrected chi connectivity index (χ3v) is 5.07. The molecule has 1 amide bonds. The molecule has 10 heteroatoms. The number of carbonyl (C=O) groups excluding carboxylic acids is 1. The Kier molecular flexibility index (Phi) is 6.56. The number of ether oxygens (including phenoxy) is 1. The van der Waals surface area contributed by atoms with Crippen LogP contribution < -0.4 is 15.6 Å². The van der Waals surface area contributed by atoms with Crippen molar-refractivity contribution in [2.24, 2.45) is 0 Å². The highest BCUT2D eigenvalue weighted by Crippen LogP contribution is 2.30. The minimum atomic E-state index is -4.56. The predicted octanol–water partition coefficient (Wildman–Crippen LogP) is 5.29. The first-order valence-corrected chi connectivity index (χ1v) is 10.4. The van der Waals surface area contributed by atoms with Crippen LogP contribution in [0.5, 0.6) is 5.75 Å². The SMILES string of the molecule is O=C(Nc1cc(Cl)ccc1OCC(F)(F)F)c1nn(Cc2ccccc2)c(=O)c2ccccc12. The van der Waals surface area contributed by atoms with E-state index in [1.54, 1.807) is 24.3 Å². The number of anilines is 1. The number of nitrogens with zero attached hydrogens (tertiary/aromatic N) is 2. The van der Waals surface area contributed by atoms with Crippen LogP contribution in [0, 0.1) is 0 Å². The molecule has 3 aromatic carbocycles. The van der Waals surface area contributed by atoms with Crippen LogP contribution in [-0.4, -0.2) is 28.5 Å². The van der Waals surface area contributed by atoms with E-state index in [0.717, 1.165) is 5.56 Å². The van der Waals surface area contributed by atoms with E-state index in [9.17, 15) is 22.8 Å². The minimum Gasteiger partial charge on any atom is -0.482 e. The number of benzene rings is 3. The number of aromatic nitrogens is 2. The van der Waals surface area contributed by atoms with Crippen LogP contribution in [0.2, 0.25) is 5.02 Å². The zero-order valence-corrected chi connectivity index (χ0v) is 18.2. The highest BCUT2D eigenvalue weighted by Gasteiger charge is 2.29. The molecule has 0 unspecified atom stereocenters. The van der Waals surface area contributed by atoms with E-state index in [0.29, 0.717) is 5.39 Å². The molecule has 0 aliphatic rings. The van der Waals surface area contributed by atoms with Crippen LogP contribution in [0.4, 0.5) is 18.9 Å². The Balaban J connectivity index is 1.73. The first-order valence-electron chi connectivity index (χ1n) is 10.1. The van der Waals surface area contributed by atoms with Crippen molar-refractivity contribution in [3.63, 3.8) is 0 Å². The largest absolute Gasteiger partial charge is 0.482 e. The van der Waals surface area contributed by atoms with Gasteiger partial charge in [0.15, 0.2) is 12.3 Å². The van der Waals surface area contributed by atoms with Crippen molar-refractivity contribution < 1.29 is 22.7 Å². The second kappa shape index (κ2) is 9.56. The lowest BCUT2D eigenvalue weighted by molar-refractivity contribution is -0.153. The number of nitrogens with one attached hydrogen (secondary N) is 1. The highest BCUT2D eigenvalue weighted by atomic mass is 35.5. The molecular weight excluding hydrogens is 471 g/mol. The average molecular weight is 488 g/mol. The summed E-state index contributed by atoms with van der Waals surface area (Å²) < 4.78 is 43.9. The van der Waals surface area contributed by atoms with Crippen LogP contribution >= 0.6 is 11.6 Å². The molecule has 0 aliphatic heterocycles. The number of hydrogen-bond donors (Lipinski definition) is 1. The molecule has 0 fully saturated rings. The molecule has 1 aromatic heterocycles. The van der Waals surface area contributed by atoms with Gasteiger partial charge in [-0.2, -0.15) is 18.3 Å². The van der Waals surface area contributed by atoms with Gasteiger partial charge in [0.1, 0.15) is 5.75 Å². The van der Waals surface area contributed by atoms with E-state index in [1.807, 2.05) is 30.3 Å². The second-order valence-electron chi connectivity index (χ2n) is 7.34. The lowest BCUT2D eigenvalue weighted by Gasteiger charge is -2.15. The summed E-state index contributed by atoms with van der Waals surface area (Å²) in [6.45, 7) is -1.41. The van der Waals surface area contributed by atoms with E-state index in [4.69, 9.17) is 16.3 Å². The smallest absolute Gasteiger partial charge is 0.422 e. The van der Waals surface area contributed by atoms with Crippen molar-refractivity contribution in [1.29, 1.82) is 0 Å². The van der Waals surface area contributed by atoms with Crippen molar-refractivity contribution in [3.05, 3.63) is 99.4 Å². The van der Waals surface area contributed by atoms with Crippen molar-refractivity contribution in [2.75, 3.05) is 11.9 Å². The fraction of sp³-hybridized carbons (Fsp3) is 0.125. The van der Waals surface area contributed by atoms with Crippen molar-refractivity contribution >= 4 is 34.0 Å². The third kappa shape index (κ3) is 5.37. The Morgan fingerprint density at radius 1 is 1.00 bits per heavy atom. The Morgan fingerprint density at radius 3 is 2.38 bits per heavy atom. The molecule has 4 rings (SSSR count). The molecule has 1 N–H and O–H groups in total. The zero-order valence-electron chi connectivity index (χ0n) is 17.5. The lowest BCUT2D eigenvalue weighted by atomic mass is 10.1. The maximum absolute atomic E-state index is 13.2. The number of alkyl halides is 3. The second-order valence-corrected chi connectivity index (χ2v) is 7.78.